The molecule has 0 spiro atoms. The number of aryl methyl sites for hydroxylation is 1. The Morgan fingerprint density at radius 3 is 2.41 bits per heavy atom. The highest BCUT2D eigenvalue weighted by Crippen LogP contribution is 2.41. The first-order valence-electron chi connectivity index (χ1n) is 9.35. The van der Waals surface area contributed by atoms with Crippen LogP contribution in [0.1, 0.15) is 44.7 Å². The van der Waals surface area contributed by atoms with Gasteiger partial charge in [0.15, 0.2) is 5.65 Å². The molecule has 1 fully saturated rings. The summed E-state index contributed by atoms with van der Waals surface area (Å²) in [7, 11) is 0. The normalized spacial score (nSPS) is 21.4. The lowest BCUT2D eigenvalue weighted by atomic mass is 9.77. The molecule has 0 saturated heterocycles. The Balaban J connectivity index is 0.00000117. The summed E-state index contributed by atoms with van der Waals surface area (Å²) in [6.45, 7) is 7.35. The highest BCUT2D eigenvalue weighted by molar-refractivity contribution is 5.77. The molecule has 5 nitrogen and oxygen atoms in total. The number of nitrogens with zero attached hydrogens (tertiary/aromatic N) is 4. The average Bonchev–Trinajstić information content (AvgIpc) is 3.05. The van der Waals surface area contributed by atoms with Crippen molar-refractivity contribution >= 4 is 11.2 Å². The van der Waals surface area contributed by atoms with Gasteiger partial charge in [-0.1, -0.05) is 13.8 Å². The smallest absolute Gasteiger partial charge is 0.416 e. The minimum Gasteiger partial charge on any atom is -0.507 e. The molecule has 0 atom stereocenters. The third kappa shape index (κ3) is 3.77. The van der Waals surface area contributed by atoms with Crippen LogP contribution >= 0.6 is 0 Å². The Morgan fingerprint density at radius 1 is 1.21 bits per heavy atom. The van der Waals surface area contributed by atoms with E-state index in [0.29, 0.717) is 24.4 Å². The molecule has 29 heavy (non-hydrogen) atoms. The van der Waals surface area contributed by atoms with E-state index in [-0.39, 0.29) is 22.5 Å². The monoisotopic (exact) mass is 410 g/mol. The second kappa shape index (κ2) is 7.27. The van der Waals surface area contributed by atoms with Gasteiger partial charge in [-0.25, -0.2) is 14.4 Å². The molecular formula is C20H22F4N4O. The lowest BCUT2D eigenvalue weighted by Crippen LogP contribution is -2.45. The standard InChI is InChI=1S/C18H16F4N4O.C2H6/c1-9-3-10(18(20,21)22)4-14(27)15(9)12-7-23-13-8-26(25-16(13)24-12)17(2)5-11(19)6-17;1-2/h3-4,7-8,11,27H,5-6H2,1-2H3;1-2H3. The van der Waals surface area contributed by atoms with Crippen LogP contribution < -0.4 is 0 Å². The fourth-order valence-electron chi connectivity index (χ4n) is 3.54. The summed E-state index contributed by atoms with van der Waals surface area (Å²) in [4.78, 5) is 8.59. The van der Waals surface area contributed by atoms with Crippen molar-refractivity contribution in [2.24, 2.45) is 0 Å². The van der Waals surface area contributed by atoms with Gasteiger partial charge in [-0.2, -0.15) is 18.3 Å². The molecule has 1 saturated carbocycles. The van der Waals surface area contributed by atoms with E-state index >= 15 is 0 Å². The molecule has 4 rings (SSSR count). The third-order valence-corrected chi connectivity index (χ3v) is 5.00. The Labute approximate surface area is 165 Å². The molecule has 1 N–H and O–H groups in total. The number of aromatic hydroxyl groups is 1. The summed E-state index contributed by atoms with van der Waals surface area (Å²) in [6.07, 6.45) is -1.64. The molecule has 3 aromatic rings. The van der Waals surface area contributed by atoms with Gasteiger partial charge in [0.1, 0.15) is 17.4 Å². The van der Waals surface area contributed by atoms with Gasteiger partial charge in [-0.3, -0.25) is 4.68 Å². The topological polar surface area (TPSA) is 63.8 Å². The Kier molecular flexibility index (Phi) is 5.27. The van der Waals surface area contributed by atoms with Crippen LogP contribution in [-0.2, 0) is 11.7 Å². The van der Waals surface area contributed by atoms with Crippen LogP contribution in [0.4, 0.5) is 17.6 Å². The first kappa shape index (κ1) is 21.0. The lowest BCUT2D eigenvalue weighted by molar-refractivity contribution is -0.137. The molecule has 9 heteroatoms. The van der Waals surface area contributed by atoms with Gasteiger partial charge in [0.25, 0.3) is 0 Å². The summed E-state index contributed by atoms with van der Waals surface area (Å²) >= 11 is 0. The average molecular weight is 410 g/mol. The first-order chi connectivity index (χ1) is 13.6. The molecule has 1 aliphatic rings. The van der Waals surface area contributed by atoms with Crippen LogP contribution in [0.25, 0.3) is 22.4 Å². The van der Waals surface area contributed by atoms with E-state index in [2.05, 4.69) is 15.1 Å². The van der Waals surface area contributed by atoms with Gasteiger partial charge in [-0.15, -0.1) is 0 Å². The quantitative estimate of drug-likeness (QED) is 0.575. The molecule has 2 aromatic heterocycles. The van der Waals surface area contributed by atoms with E-state index in [0.717, 1.165) is 6.07 Å². The van der Waals surface area contributed by atoms with Crippen LogP contribution in [0.2, 0.25) is 0 Å². The van der Waals surface area contributed by atoms with E-state index < -0.39 is 29.2 Å². The second-order valence-electron chi connectivity index (χ2n) is 7.23. The third-order valence-electron chi connectivity index (χ3n) is 5.00. The number of alkyl halides is 4. The maximum absolute atomic E-state index is 13.3. The summed E-state index contributed by atoms with van der Waals surface area (Å²) in [5.74, 6) is -0.526. The zero-order valence-corrected chi connectivity index (χ0v) is 16.5. The number of phenols is 1. The molecule has 0 aliphatic heterocycles. The number of rotatable bonds is 2. The van der Waals surface area contributed by atoms with Crippen molar-refractivity contribution in [2.45, 2.75) is 58.4 Å². The van der Waals surface area contributed by atoms with Crippen molar-refractivity contribution in [1.29, 1.82) is 0 Å². The SMILES string of the molecule is CC.Cc1cc(C(F)(F)F)cc(O)c1-c1cnc2cn(C3(C)CC(F)C3)nc2n1. The van der Waals surface area contributed by atoms with Crippen molar-refractivity contribution in [3.63, 3.8) is 0 Å². The van der Waals surface area contributed by atoms with E-state index in [1.165, 1.54) is 13.1 Å². The summed E-state index contributed by atoms with van der Waals surface area (Å²) in [6, 6.07) is 1.62. The van der Waals surface area contributed by atoms with E-state index in [1.54, 1.807) is 10.9 Å². The van der Waals surface area contributed by atoms with Gasteiger partial charge in [0.05, 0.1) is 29.2 Å². The summed E-state index contributed by atoms with van der Waals surface area (Å²) in [5, 5.41) is 14.5. The van der Waals surface area contributed by atoms with Crippen LogP contribution in [0, 0.1) is 6.92 Å². The number of fused-ring (bicyclic) bond motifs is 1. The van der Waals surface area contributed by atoms with E-state index in [1.807, 2.05) is 20.8 Å². The number of benzene rings is 1. The molecule has 1 aromatic carbocycles. The van der Waals surface area contributed by atoms with Gasteiger partial charge < -0.3 is 5.11 Å². The molecule has 156 valence electrons. The molecule has 0 bridgehead atoms. The van der Waals surface area contributed by atoms with Crippen LogP contribution in [0.5, 0.6) is 5.75 Å². The number of hydrogen-bond acceptors (Lipinski definition) is 4. The molecule has 2 heterocycles. The van der Waals surface area contributed by atoms with E-state index in [4.69, 9.17) is 0 Å². The zero-order valence-electron chi connectivity index (χ0n) is 16.5. The van der Waals surface area contributed by atoms with Crippen molar-refractivity contribution < 1.29 is 22.7 Å². The minimum absolute atomic E-state index is 0.172. The van der Waals surface area contributed by atoms with Gasteiger partial charge in [0.2, 0.25) is 0 Å². The van der Waals surface area contributed by atoms with Gasteiger partial charge in [0, 0.05) is 18.4 Å². The predicted molar refractivity (Wildman–Crippen MR) is 101 cm³/mol. The number of halogens is 4. The Bertz CT molecular complexity index is 1020. The molecule has 0 radical (unpaired) electrons. The summed E-state index contributed by atoms with van der Waals surface area (Å²) < 4.78 is 53.6. The minimum atomic E-state index is -4.55. The van der Waals surface area contributed by atoms with Gasteiger partial charge >= 0.3 is 6.18 Å². The predicted octanol–water partition coefficient (Wildman–Crippen LogP) is 5.40. The van der Waals surface area contributed by atoms with E-state index in [9.17, 15) is 22.7 Å². The first-order valence-corrected chi connectivity index (χ1v) is 9.35. The Hall–Kier alpha value is -2.71. The number of phenolic OH excluding ortho intramolecular Hbond substituents is 1. The Morgan fingerprint density at radius 2 is 1.86 bits per heavy atom. The zero-order chi connectivity index (χ0) is 21.6. The fraction of sp³-hybridized carbons (Fsp3) is 0.450. The summed E-state index contributed by atoms with van der Waals surface area (Å²) in [5.41, 5.74) is 0.0270. The van der Waals surface area contributed by atoms with Crippen LogP contribution in [0.3, 0.4) is 0 Å². The van der Waals surface area contributed by atoms with Crippen molar-refractivity contribution in [2.75, 3.05) is 0 Å². The number of hydrogen-bond donors (Lipinski definition) is 1. The molecule has 1 aliphatic carbocycles. The largest absolute Gasteiger partial charge is 0.507 e. The second-order valence-corrected chi connectivity index (χ2v) is 7.23. The molecule has 0 unspecified atom stereocenters. The van der Waals surface area contributed by atoms with Crippen molar-refractivity contribution in [1.82, 2.24) is 19.7 Å². The molecular weight excluding hydrogens is 388 g/mol. The maximum Gasteiger partial charge on any atom is 0.416 e. The van der Waals surface area contributed by atoms with Gasteiger partial charge in [-0.05, 0) is 31.5 Å². The van der Waals surface area contributed by atoms with Crippen LogP contribution in [-0.4, -0.2) is 31.0 Å². The van der Waals surface area contributed by atoms with Crippen molar-refractivity contribution in [3.05, 3.63) is 35.7 Å². The van der Waals surface area contributed by atoms with Crippen LogP contribution in [0.15, 0.2) is 24.5 Å². The number of aromatic nitrogens is 4. The lowest BCUT2D eigenvalue weighted by Gasteiger charge is -2.41. The fourth-order valence-corrected chi connectivity index (χ4v) is 3.54. The van der Waals surface area contributed by atoms with Crippen molar-refractivity contribution in [3.8, 4) is 17.0 Å². The highest BCUT2D eigenvalue weighted by atomic mass is 19.4. The maximum atomic E-state index is 13.3. The highest BCUT2D eigenvalue weighted by Gasteiger charge is 2.43. The molecule has 0 amide bonds.